The summed E-state index contributed by atoms with van der Waals surface area (Å²) in [5, 5.41) is 12.5. The van der Waals surface area contributed by atoms with Gasteiger partial charge < -0.3 is 0 Å². The Bertz CT molecular complexity index is 1120. The summed E-state index contributed by atoms with van der Waals surface area (Å²) >= 11 is 1.34. The maximum atomic E-state index is 12.7. The van der Waals surface area contributed by atoms with Crippen molar-refractivity contribution in [3.05, 3.63) is 90.0 Å². The molecule has 0 spiro atoms. The Hall–Kier alpha value is -3.25. The van der Waals surface area contributed by atoms with E-state index in [0.29, 0.717) is 16.6 Å². The maximum Gasteiger partial charge on any atom is 0.214 e. The largest absolute Gasteiger partial charge is 0.293 e. The van der Waals surface area contributed by atoms with E-state index in [1.807, 2.05) is 54.6 Å². The van der Waals surface area contributed by atoms with Gasteiger partial charge >= 0.3 is 0 Å². The SMILES string of the molecule is CC(C)c1ccc(-n2nnnc2SCC(=O)c2ccc(-c3ccccc3)cc2)cc1. The first-order valence-corrected chi connectivity index (χ1v) is 10.8. The van der Waals surface area contributed by atoms with Gasteiger partial charge in [0, 0.05) is 5.56 Å². The second-order valence-electron chi connectivity index (χ2n) is 7.27. The Labute approximate surface area is 180 Å². The van der Waals surface area contributed by atoms with Crippen LogP contribution < -0.4 is 0 Å². The molecule has 30 heavy (non-hydrogen) atoms. The van der Waals surface area contributed by atoms with E-state index >= 15 is 0 Å². The fraction of sp³-hybridized carbons (Fsp3) is 0.167. The molecule has 0 atom stereocenters. The first-order valence-electron chi connectivity index (χ1n) is 9.82. The topological polar surface area (TPSA) is 60.7 Å². The molecule has 5 nitrogen and oxygen atoms in total. The number of benzene rings is 3. The summed E-state index contributed by atoms with van der Waals surface area (Å²) < 4.78 is 1.67. The van der Waals surface area contributed by atoms with Crippen LogP contribution in [0.1, 0.15) is 35.7 Å². The molecule has 0 saturated heterocycles. The molecule has 150 valence electrons. The first-order chi connectivity index (χ1) is 14.6. The van der Waals surface area contributed by atoms with E-state index < -0.39 is 0 Å². The lowest BCUT2D eigenvalue weighted by atomic mass is 10.0. The first kappa shape index (κ1) is 20.0. The minimum atomic E-state index is 0.0457. The lowest BCUT2D eigenvalue weighted by Gasteiger charge is -2.08. The molecule has 0 amide bonds. The summed E-state index contributed by atoms with van der Waals surface area (Å²) in [6.07, 6.45) is 0. The number of carbonyl (C=O) groups is 1. The van der Waals surface area contributed by atoms with Crippen LogP contribution in [-0.2, 0) is 0 Å². The number of tetrazole rings is 1. The molecule has 1 heterocycles. The van der Waals surface area contributed by atoms with Crippen molar-refractivity contribution in [2.45, 2.75) is 24.9 Å². The van der Waals surface area contributed by atoms with Crippen LogP contribution in [0.4, 0.5) is 0 Å². The van der Waals surface area contributed by atoms with Gasteiger partial charge in [0.25, 0.3) is 0 Å². The average molecular weight is 415 g/mol. The van der Waals surface area contributed by atoms with Crippen LogP contribution in [0.25, 0.3) is 16.8 Å². The van der Waals surface area contributed by atoms with Gasteiger partial charge in [-0.3, -0.25) is 4.79 Å². The number of hydrogen-bond acceptors (Lipinski definition) is 5. The van der Waals surface area contributed by atoms with E-state index in [9.17, 15) is 4.79 Å². The Morgan fingerprint density at radius 1 is 0.900 bits per heavy atom. The number of carbonyl (C=O) groups excluding carboxylic acids is 1. The van der Waals surface area contributed by atoms with Crippen molar-refractivity contribution in [2.24, 2.45) is 0 Å². The van der Waals surface area contributed by atoms with Crippen molar-refractivity contribution in [2.75, 3.05) is 5.75 Å². The zero-order valence-corrected chi connectivity index (χ0v) is 17.7. The highest BCUT2D eigenvalue weighted by Gasteiger charge is 2.13. The zero-order valence-electron chi connectivity index (χ0n) is 16.9. The summed E-state index contributed by atoms with van der Waals surface area (Å²) in [6, 6.07) is 26.0. The zero-order chi connectivity index (χ0) is 20.9. The van der Waals surface area contributed by atoms with Gasteiger partial charge in [-0.1, -0.05) is 92.3 Å². The third-order valence-corrected chi connectivity index (χ3v) is 5.81. The van der Waals surface area contributed by atoms with Crippen LogP contribution in [0.3, 0.4) is 0 Å². The van der Waals surface area contributed by atoms with Gasteiger partial charge in [0.15, 0.2) is 5.78 Å². The maximum absolute atomic E-state index is 12.7. The van der Waals surface area contributed by atoms with Gasteiger partial charge in [0.05, 0.1) is 11.4 Å². The summed E-state index contributed by atoms with van der Waals surface area (Å²) in [4.78, 5) is 12.7. The average Bonchev–Trinajstić information content (AvgIpc) is 3.27. The molecule has 0 aliphatic rings. The van der Waals surface area contributed by atoms with E-state index in [4.69, 9.17) is 0 Å². The number of Topliss-reactive ketones (excluding diaryl/α,β-unsaturated/α-hetero) is 1. The van der Waals surface area contributed by atoms with Gasteiger partial charge in [0.2, 0.25) is 5.16 Å². The number of nitrogens with zero attached hydrogens (tertiary/aromatic N) is 4. The van der Waals surface area contributed by atoms with Crippen molar-refractivity contribution < 1.29 is 4.79 Å². The van der Waals surface area contributed by atoms with Crippen LogP contribution >= 0.6 is 11.8 Å². The molecule has 0 fully saturated rings. The van der Waals surface area contributed by atoms with Crippen LogP contribution in [0, 0.1) is 0 Å². The minimum Gasteiger partial charge on any atom is -0.293 e. The molecular weight excluding hydrogens is 392 g/mol. The van der Waals surface area contributed by atoms with Crippen LogP contribution in [-0.4, -0.2) is 31.7 Å². The predicted molar refractivity (Wildman–Crippen MR) is 120 cm³/mol. The lowest BCUT2D eigenvalue weighted by molar-refractivity contribution is 0.102. The fourth-order valence-corrected chi connectivity index (χ4v) is 3.91. The van der Waals surface area contributed by atoms with E-state index in [-0.39, 0.29) is 11.5 Å². The second kappa shape index (κ2) is 9.05. The number of thioether (sulfide) groups is 1. The van der Waals surface area contributed by atoms with Gasteiger partial charge in [0.1, 0.15) is 0 Å². The standard InChI is InChI=1S/C24H22N4OS/c1-17(2)18-12-14-22(15-13-18)28-24(25-26-27-28)30-16-23(29)21-10-8-20(9-11-21)19-6-4-3-5-7-19/h3-15,17H,16H2,1-2H3. The molecule has 4 rings (SSSR count). The van der Waals surface area contributed by atoms with Crippen molar-refractivity contribution in [3.8, 4) is 16.8 Å². The molecule has 0 aliphatic heterocycles. The van der Waals surface area contributed by atoms with Crippen LogP contribution in [0.2, 0.25) is 0 Å². The second-order valence-corrected chi connectivity index (χ2v) is 8.22. The van der Waals surface area contributed by atoms with Crippen molar-refractivity contribution in [1.29, 1.82) is 0 Å². The van der Waals surface area contributed by atoms with Crippen molar-refractivity contribution in [3.63, 3.8) is 0 Å². The summed E-state index contributed by atoms with van der Waals surface area (Å²) in [6.45, 7) is 4.32. The Balaban J connectivity index is 1.43. The summed E-state index contributed by atoms with van der Waals surface area (Å²) in [7, 11) is 0. The summed E-state index contributed by atoms with van der Waals surface area (Å²) in [5.41, 5.74) is 5.05. The molecule has 0 aliphatic carbocycles. The van der Waals surface area contributed by atoms with Crippen molar-refractivity contribution in [1.82, 2.24) is 20.2 Å². The molecule has 6 heteroatoms. The monoisotopic (exact) mass is 414 g/mol. The molecule has 0 radical (unpaired) electrons. The van der Waals surface area contributed by atoms with E-state index in [2.05, 4.69) is 53.6 Å². The van der Waals surface area contributed by atoms with Gasteiger partial charge in [-0.15, -0.1) is 5.10 Å². The van der Waals surface area contributed by atoms with Crippen LogP contribution in [0.5, 0.6) is 0 Å². The van der Waals surface area contributed by atoms with E-state index in [1.165, 1.54) is 17.3 Å². The summed E-state index contributed by atoms with van der Waals surface area (Å²) in [5.74, 6) is 0.784. The third-order valence-electron chi connectivity index (χ3n) is 4.89. The Morgan fingerprint density at radius 2 is 1.57 bits per heavy atom. The molecule has 3 aromatic carbocycles. The molecule has 4 aromatic rings. The molecule has 0 bridgehead atoms. The highest BCUT2D eigenvalue weighted by molar-refractivity contribution is 7.99. The highest BCUT2D eigenvalue weighted by Crippen LogP contribution is 2.23. The molecular formula is C24H22N4OS. The molecule has 0 saturated carbocycles. The van der Waals surface area contributed by atoms with Crippen molar-refractivity contribution >= 4 is 17.5 Å². The lowest BCUT2D eigenvalue weighted by Crippen LogP contribution is -2.05. The highest BCUT2D eigenvalue weighted by atomic mass is 32.2. The van der Waals surface area contributed by atoms with Gasteiger partial charge in [-0.25, -0.2) is 0 Å². The Morgan fingerprint density at radius 3 is 2.23 bits per heavy atom. The van der Waals surface area contributed by atoms with E-state index in [1.54, 1.807) is 4.68 Å². The smallest absolute Gasteiger partial charge is 0.214 e. The van der Waals surface area contributed by atoms with Gasteiger partial charge in [-0.2, -0.15) is 4.68 Å². The molecule has 0 N–H and O–H groups in total. The quantitative estimate of drug-likeness (QED) is 0.298. The number of rotatable bonds is 7. The third kappa shape index (κ3) is 4.49. The number of hydrogen-bond donors (Lipinski definition) is 0. The number of ketones is 1. The number of aromatic nitrogens is 4. The van der Waals surface area contributed by atoms with Gasteiger partial charge in [-0.05, 0) is 45.2 Å². The fourth-order valence-electron chi connectivity index (χ4n) is 3.12. The predicted octanol–water partition coefficient (Wildman–Crippen LogP) is 5.43. The minimum absolute atomic E-state index is 0.0457. The molecule has 0 unspecified atom stereocenters. The normalized spacial score (nSPS) is 11.0. The Kier molecular flexibility index (Phi) is 6.05. The molecule has 1 aromatic heterocycles. The van der Waals surface area contributed by atoms with Crippen LogP contribution in [0.15, 0.2) is 84.0 Å². The van der Waals surface area contributed by atoms with E-state index in [0.717, 1.165) is 16.8 Å².